The van der Waals surface area contributed by atoms with Crippen molar-refractivity contribution >= 4 is 36.1 Å². The Bertz CT molecular complexity index is 1600. The fraction of sp³-hybridized carbons (Fsp3) is 0.629. The van der Waals surface area contributed by atoms with Crippen molar-refractivity contribution in [1.82, 2.24) is 9.80 Å². The summed E-state index contributed by atoms with van der Waals surface area (Å²) in [5, 5.41) is 46.3. The normalized spacial score (nSPS) is 33.1. The SMILES string of the molecule is [B]=C1C(C(N)=O)=C(O)[C@@H](N(C)C)[C@@H]2C[C@@H]3Cc4c(c(O)cc(CN(C)C[C@H]5CCC6CC5C6(C)C)c4N(C)C)C(O)=C3C(=O)[C@]12O. The number of aliphatic hydroxyl groups excluding tert-OH is 2. The third-order valence-electron chi connectivity index (χ3n) is 12.3. The second-order valence-corrected chi connectivity index (χ2v) is 15.6. The molecular formula is C35H48BN4O6. The molecule has 10 nitrogen and oxygen atoms in total. The first-order valence-corrected chi connectivity index (χ1v) is 16.4. The number of Topliss-reactive ketones (excluding diaryl/α,β-unsaturated/α-hetero) is 1. The van der Waals surface area contributed by atoms with Crippen molar-refractivity contribution < 1.29 is 30.0 Å². The van der Waals surface area contributed by atoms with Crippen molar-refractivity contribution in [3.8, 4) is 5.75 Å². The summed E-state index contributed by atoms with van der Waals surface area (Å²) in [7, 11) is 15.6. The minimum atomic E-state index is -2.39. The number of nitrogens with zero attached hydrogens (tertiary/aromatic N) is 3. The molecule has 0 aliphatic heterocycles. The van der Waals surface area contributed by atoms with E-state index >= 15 is 0 Å². The number of likely N-dealkylation sites (N-methyl/N-ethyl adjacent to an activating group) is 1. The summed E-state index contributed by atoms with van der Waals surface area (Å²) in [6.45, 7) is 6.38. The van der Waals surface area contributed by atoms with Gasteiger partial charge in [-0.25, -0.2) is 0 Å². The zero-order chi connectivity index (χ0) is 33.8. The molecule has 0 heterocycles. The van der Waals surface area contributed by atoms with Gasteiger partial charge < -0.3 is 0 Å². The van der Waals surface area contributed by atoms with E-state index in [1.165, 1.54) is 19.3 Å². The van der Waals surface area contributed by atoms with Gasteiger partial charge in [-0.1, -0.05) is 13.8 Å². The molecule has 4 fully saturated rings. The number of anilines is 1. The van der Waals surface area contributed by atoms with Gasteiger partial charge in [0.1, 0.15) is 0 Å². The summed E-state index contributed by atoms with van der Waals surface area (Å²) in [4.78, 5) is 32.5. The van der Waals surface area contributed by atoms with Crippen molar-refractivity contribution in [2.45, 2.75) is 64.1 Å². The Hall–Kier alpha value is -3.15. The van der Waals surface area contributed by atoms with E-state index in [1.807, 2.05) is 19.0 Å². The number of phenols is 1. The van der Waals surface area contributed by atoms with Gasteiger partial charge >= 0.3 is 217 Å². The Kier molecular flexibility index (Phi) is 7.81. The Labute approximate surface area is 272 Å². The van der Waals surface area contributed by atoms with Gasteiger partial charge in [0.25, 0.3) is 0 Å². The maximum atomic E-state index is 14.3. The molecule has 11 heteroatoms. The average molecular weight is 632 g/mol. The molecule has 0 spiro atoms. The molecule has 1 radical (unpaired) electrons. The van der Waals surface area contributed by atoms with E-state index in [0.717, 1.165) is 35.2 Å². The number of primary amides is 1. The number of phenolic OH excluding ortho intramolecular Hbond substituents is 1. The van der Waals surface area contributed by atoms with Gasteiger partial charge in [-0.15, -0.1) is 0 Å². The molecule has 4 saturated carbocycles. The van der Waals surface area contributed by atoms with Crippen LogP contribution in [-0.4, -0.2) is 108 Å². The number of hydrogen-bond donors (Lipinski definition) is 5. The molecule has 1 aromatic carbocycles. The second-order valence-electron chi connectivity index (χ2n) is 15.6. The molecule has 6 aliphatic carbocycles. The third kappa shape index (κ3) is 4.52. The van der Waals surface area contributed by atoms with Crippen molar-refractivity contribution in [2.24, 2.45) is 40.7 Å². The van der Waals surface area contributed by atoms with E-state index in [-0.39, 0.29) is 29.1 Å². The van der Waals surface area contributed by atoms with Crippen molar-refractivity contribution in [3.05, 3.63) is 39.7 Å². The van der Waals surface area contributed by atoms with E-state index in [4.69, 9.17) is 13.2 Å². The second kappa shape index (κ2) is 11.0. The summed E-state index contributed by atoms with van der Waals surface area (Å²) < 4.78 is 0. The van der Waals surface area contributed by atoms with Crippen LogP contribution in [0.4, 0.5) is 5.69 Å². The van der Waals surface area contributed by atoms with Crippen LogP contribution in [0.25, 0.3) is 5.76 Å². The topological polar surface area (TPSA) is 151 Å². The fourth-order valence-corrected chi connectivity index (χ4v) is 10.1. The summed E-state index contributed by atoms with van der Waals surface area (Å²) >= 11 is 0. The van der Waals surface area contributed by atoms with Crippen LogP contribution in [0, 0.1) is 35.0 Å². The third-order valence-corrected chi connectivity index (χ3v) is 12.3. The van der Waals surface area contributed by atoms with Crippen LogP contribution in [0.2, 0.25) is 0 Å². The van der Waals surface area contributed by atoms with Gasteiger partial charge in [0.05, 0.1) is 0 Å². The zero-order valence-electron chi connectivity index (χ0n) is 28.1. The molecule has 1 amide bonds. The van der Waals surface area contributed by atoms with E-state index in [1.54, 1.807) is 25.1 Å². The number of rotatable bonds is 7. The fourth-order valence-electron chi connectivity index (χ4n) is 10.1. The Morgan fingerprint density at radius 3 is 2.30 bits per heavy atom. The average Bonchev–Trinajstić information content (AvgIpc) is 2.94. The Balaban J connectivity index is 1.39. The number of nitrogens with two attached hydrogens (primary N) is 1. The van der Waals surface area contributed by atoms with Gasteiger partial charge in [0, 0.05) is 0 Å². The number of fused-ring (bicyclic) bond motifs is 5. The van der Waals surface area contributed by atoms with Crippen LogP contribution in [-0.2, 0) is 22.6 Å². The molecule has 6 aliphatic rings. The van der Waals surface area contributed by atoms with E-state index in [2.05, 4.69) is 25.8 Å². The van der Waals surface area contributed by atoms with Crippen LogP contribution in [0.15, 0.2) is 23.0 Å². The molecular weight excluding hydrogens is 583 g/mol. The van der Waals surface area contributed by atoms with Gasteiger partial charge in [0.2, 0.25) is 0 Å². The van der Waals surface area contributed by atoms with Crippen molar-refractivity contribution in [3.63, 3.8) is 0 Å². The molecule has 2 bridgehead atoms. The standard InChI is InChI=1S/C35H48BN4O6/c1-34(2)19-9-8-16(21(34)13-19)14-40(7)15-18-12-23(41)25-20(27(18)38(3)4)10-17-11-22-28(39(5)6)30(43)26(33(37)45)31(36)35(22,46)32(44)24(17)29(25)42/h12,16-17,19,21-22,28,41-43,46H,8-11,13-15H2,1-7H3,(H2,37,45)/t16-,17+,19?,21?,22+,28+,35-/m1/s1. The summed E-state index contributed by atoms with van der Waals surface area (Å²) in [5.74, 6) is -2.10. The number of aromatic hydroxyl groups is 1. The number of amides is 1. The van der Waals surface area contributed by atoms with Gasteiger partial charge in [-0.05, 0) is 42.4 Å². The number of hydrogen-bond acceptors (Lipinski definition) is 9. The predicted octanol–water partition coefficient (Wildman–Crippen LogP) is 2.31. The molecule has 0 saturated heterocycles. The van der Waals surface area contributed by atoms with Crippen LogP contribution in [0.5, 0.6) is 5.75 Å². The van der Waals surface area contributed by atoms with Crippen LogP contribution in [0.1, 0.15) is 56.2 Å². The Morgan fingerprint density at radius 2 is 1.74 bits per heavy atom. The molecule has 0 aromatic heterocycles. The van der Waals surface area contributed by atoms with Gasteiger partial charge in [-0.3, -0.25) is 0 Å². The summed E-state index contributed by atoms with van der Waals surface area (Å²) in [6, 6.07) is 0.748. The Morgan fingerprint density at radius 1 is 1.07 bits per heavy atom. The number of carbonyl (C=O) groups is 2. The van der Waals surface area contributed by atoms with Crippen LogP contribution >= 0.6 is 0 Å². The molecule has 7 rings (SSSR count). The summed E-state index contributed by atoms with van der Waals surface area (Å²) in [5.41, 5.74) is 5.20. The molecule has 1 aromatic rings. The quantitative estimate of drug-likeness (QED) is 0.286. The molecule has 2 unspecified atom stereocenters. The first-order valence-electron chi connectivity index (χ1n) is 16.4. The maximum absolute atomic E-state index is 14.3. The molecule has 247 valence electrons. The monoisotopic (exact) mass is 631 g/mol. The number of aliphatic hydroxyl groups is 3. The predicted molar refractivity (Wildman–Crippen MR) is 179 cm³/mol. The van der Waals surface area contributed by atoms with Crippen LogP contribution < -0.4 is 10.6 Å². The van der Waals surface area contributed by atoms with Gasteiger partial charge in [-0.2, -0.15) is 0 Å². The van der Waals surface area contributed by atoms with Gasteiger partial charge in [0.15, 0.2) is 0 Å². The van der Waals surface area contributed by atoms with E-state index < -0.39 is 52.0 Å². The van der Waals surface area contributed by atoms with Crippen molar-refractivity contribution in [1.29, 1.82) is 0 Å². The zero-order valence-corrected chi connectivity index (χ0v) is 28.1. The number of benzene rings is 1. The number of ketones is 1. The molecule has 6 N–H and O–H groups in total. The van der Waals surface area contributed by atoms with E-state index in [0.29, 0.717) is 24.3 Å². The molecule has 7 atom stereocenters. The molecule has 46 heavy (non-hydrogen) atoms. The first kappa shape index (κ1) is 32.8. The van der Waals surface area contributed by atoms with Crippen LogP contribution in [0.3, 0.4) is 0 Å². The first-order chi connectivity index (χ1) is 21.4. The number of carbonyl (C=O) groups excluding carboxylic acids is 2. The summed E-state index contributed by atoms with van der Waals surface area (Å²) in [6.07, 6.45) is 4.33. The van der Waals surface area contributed by atoms with Crippen molar-refractivity contribution in [2.75, 3.05) is 46.7 Å². The minimum absolute atomic E-state index is 0.0412. The van der Waals surface area contributed by atoms with E-state index in [9.17, 15) is 30.0 Å².